The average molecular weight is 347 g/mol. The van der Waals surface area contributed by atoms with E-state index < -0.39 is 0 Å². The number of benzene rings is 2. The van der Waals surface area contributed by atoms with E-state index in [0.29, 0.717) is 16.5 Å². The van der Waals surface area contributed by atoms with Gasteiger partial charge in [0, 0.05) is 5.02 Å². The van der Waals surface area contributed by atoms with Gasteiger partial charge >= 0.3 is 0 Å². The van der Waals surface area contributed by atoms with Gasteiger partial charge < -0.3 is 9.47 Å². The molecule has 24 heavy (non-hydrogen) atoms. The van der Waals surface area contributed by atoms with Gasteiger partial charge in [-0.25, -0.2) is 5.43 Å². The molecular weight excluding hydrogens is 328 g/mol. The lowest BCUT2D eigenvalue weighted by molar-refractivity contribution is -0.123. The molecule has 5 nitrogen and oxygen atoms in total. The van der Waals surface area contributed by atoms with Crippen LogP contribution in [-0.4, -0.2) is 25.3 Å². The van der Waals surface area contributed by atoms with Crippen LogP contribution in [0.1, 0.15) is 18.1 Å². The van der Waals surface area contributed by atoms with Crippen LogP contribution >= 0.6 is 11.6 Å². The van der Waals surface area contributed by atoms with Crippen molar-refractivity contribution < 1.29 is 14.3 Å². The van der Waals surface area contributed by atoms with Gasteiger partial charge in [0.25, 0.3) is 5.91 Å². The number of hydrogen-bond acceptors (Lipinski definition) is 4. The number of methoxy groups -OCH3 is 1. The first-order valence-corrected chi connectivity index (χ1v) is 7.74. The summed E-state index contributed by atoms with van der Waals surface area (Å²) in [6.45, 7) is 3.56. The molecule has 0 aliphatic rings. The van der Waals surface area contributed by atoms with Crippen molar-refractivity contribution in [2.45, 2.75) is 13.8 Å². The van der Waals surface area contributed by atoms with Gasteiger partial charge in [0.2, 0.25) is 0 Å². The van der Waals surface area contributed by atoms with Crippen LogP contribution in [0.2, 0.25) is 5.02 Å². The highest BCUT2D eigenvalue weighted by Gasteiger charge is 2.04. The molecule has 0 fully saturated rings. The lowest BCUT2D eigenvalue weighted by atomic mass is 10.1. The average Bonchev–Trinajstić information content (AvgIpc) is 2.60. The fraction of sp³-hybridized carbons (Fsp3) is 0.222. The van der Waals surface area contributed by atoms with Crippen LogP contribution in [0.3, 0.4) is 0 Å². The minimum atomic E-state index is -0.338. The number of carbonyl (C=O) groups excluding carboxylic acids is 1. The smallest absolute Gasteiger partial charge is 0.277 e. The molecule has 0 heterocycles. The third kappa shape index (κ3) is 4.99. The summed E-state index contributed by atoms with van der Waals surface area (Å²) >= 11 is 5.94. The van der Waals surface area contributed by atoms with Crippen LogP contribution in [0.25, 0.3) is 0 Å². The topological polar surface area (TPSA) is 59.9 Å². The first-order valence-electron chi connectivity index (χ1n) is 7.36. The highest BCUT2D eigenvalue weighted by atomic mass is 35.5. The zero-order valence-corrected chi connectivity index (χ0v) is 14.6. The van der Waals surface area contributed by atoms with E-state index in [1.165, 1.54) is 0 Å². The Morgan fingerprint density at radius 1 is 1.17 bits per heavy atom. The molecule has 1 amide bonds. The monoisotopic (exact) mass is 346 g/mol. The van der Waals surface area contributed by atoms with Gasteiger partial charge in [0.1, 0.15) is 11.5 Å². The van der Waals surface area contributed by atoms with E-state index in [1.807, 2.05) is 38.1 Å². The van der Waals surface area contributed by atoms with E-state index in [1.54, 1.807) is 25.3 Å². The zero-order chi connectivity index (χ0) is 17.5. The van der Waals surface area contributed by atoms with Crippen molar-refractivity contribution in [3.8, 4) is 11.5 Å². The summed E-state index contributed by atoms with van der Waals surface area (Å²) in [5, 5.41) is 4.73. The lowest BCUT2D eigenvalue weighted by Crippen LogP contribution is -2.25. The van der Waals surface area contributed by atoms with Crippen molar-refractivity contribution in [2.24, 2.45) is 5.10 Å². The molecule has 0 aliphatic carbocycles. The van der Waals surface area contributed by atoms with E-state index in [4.69, 9.17) is 21.1 Å². The van der Waals surface area contributed by atoms with Crippen molar-refractivity contribution in [3.63, 3.8) is 0 Å². The van der Waals surface area contributed by atoms with Gasteiger partial charge in [-0.1, -0.05) is 11.6 Å². The van der Waals surface area contributed by atoms with E-state index >= 15 is 0 Å². The maximum Gasteiger partial charge on any atom is 0.277 e. The van der Waals surface area contributed by atoms with Gasteiger partial charge in [-0.15, -0.1) is 0 Å². The first kappa shape index (κ1) is 17.8. The van der Waals surface area contributed by atoms with E-state index in [9.17, 15) is 4.79 Å². The Kier molecular flexibility index (Phi) is 6.21. The standard InChI is InChI=1S/C18H19ClN2O3/c1-12-10-16(8-9-17(12)19)24-11-18(22)21-20-13(2)14-4-6-15(23-3)7-5-14/h4-10H,11H2,1-3H3,(H,21,22)/b20-13-. The molecule has 126 valence electrons. The summed E-state index contributed by atoms with van der Waals surface area (Å²) in [5.41, 5.74) is 4.95. The van der Waals surface area contributed by atoms with Crippen molar-refractivity contribution in [3.05, 3.63) is 58.6 Å². The van der Waals surface area contributed by atoms with E-state index in [2.05, 4.69) is 10.5 Å². The molecule has 0 spiro atoms. The van der Waals surface area contributed by atoms with Gasteiger partial charge in [-0.05, 0) is 67.4 Å². The summed E-state index contributed by atoms with van der Waals surface area (Å²) < 4.78 is 10.5. The number of hydrazone groups is 1. The lowest BCUT2D eigenvalue weighted by Gasteiger charge is -2.07. The number of rotatable bonds is 6. The summed E-state index contributed by atoms with van der Waals surface area (Å²) in [5.74, 6) is 1.01. The molecule has 0 saturated heterocycles. The van der Waals surface area contributed by atoms with Gasteiger partial charge in [0.15, 0.2) is 6.61 Å². The molecule has 0 aromatic heterocycles. The van der Waals surface area contributed by atoms with Crippen molar-refractivity contribution in [1.82, 2.24) is 5.43 Å². The second kappa shape index (κ2) is 8.36. The predicted molar refractivity (Wildman–Crippen MR) is 95.0 cm³/mol. The summed E-state index contributed by atoms with van der Waals surface area (Å²) in [7, 11) is 1.61. The quantitative estimate of drug-likeness (QED) is 0.642. The molecule has 1 N–H and O–H groups in total. The molecular formula is C18H19ClN2O3. The molecule has 0 radical (unpaired) electrons. The maximum atomic E-state index is 11.8. The minimum absolute atomic E-state index is 0.125. The SMILES string of the molecule is COc1ccc(/C(C)=N\NC(=O)COc2ccc(Cl)c(C)c2)cc1. The highest BCUT2D eigenvalue weighted by Crippen LogP contribution is 2.20. The van der Waals surface area contributed by atoms with Crippen LogP contribution in [0, 0.1) is 6.92 Å². The highest BCUT2D eigenvalue weighted by molar-refractivity contribution is 6.31. The number of hydrogen-bond donors (Lipinski definition) is 1. The number of nitrogens with one attached hydrogen (secondary N) is 1. The summed E-state index contributed by atoms with van der Waals surface area (Å²) in [6.07, 6.45) is 0. The van der Waals surface area contributed by atoms with Crippen LogP contribution in [-0.2, 0) is 4.79 Å². The van der Waals surface area contributed by atoms with E-state index in [0.717, 1.165) is 16.9 Å². The molecule has 0 saturated carbocycles. The number of ether oxygens (including phenoxy) is 2. The van der Waals surface area contributed by atoms with Gasteiger partial charge in [-0.3, -0.25) is 4.79 Å². The summed E-state index contributed by atoms with van der Waals surface area (Å²) in [6, 6.07) is 12.6. The van der Waals surface area contributed by atoms with Gasteiger partial charge in [-0.2, -0.15) is 5.10 Å². The van der Waals surface area contributed by atoms with Crippen molar-refractivity contribution >= 4 is 23.2 Å². The van der Waals surface area contributed by atoms with Crippen LogP contribution in [0.5, 0.6) is 11.5 Å². The second-order valence-corrected chi connectivity index (χ2v) is 5.57. The van der Waals surface area contributed by atoms with Crippen LogP contribution in [0.15, 0.2) is 47.6 Å². The number of carbonyl (C=O) groups is 1. The molecule has 2 rings (SSSR count). The Labute approximate surface area is 146 Å². The number of aryl methyl sites for hydroxylation is 1. The number of nitrogens with zero attached hydrogens (tertiary/aromatic N) is 1. The minimum Gasteiger partial charge on any atom is -0.497 e. The molecule has 2 aromatic carbocycles. The molecule has 0 aliphatic heterocycles. The molecule has 0 bridgehead atoms. The second-order valence-electron chi connectivity index (χ2n) is 5.16. The fourth-order valence-corrected chi connectivity index (χ4v) is 2.05. The third-order valence-corrected chi connectivity index (χ3v) is 3.78. The third-order valence-electron chi connectivity index (χ3n) is 3.36. The maximum absolute atomic E-state index is 11.8. The molecule has 6 heteroatoms. The Morgan fingerprint density at radius 2 is 1.83 bits per heavy atom. The van der Waals surface area contributed by atoms with Gasteiger partial charge in [0.05, 0.1) is 12.8 Å². The molecule has 2 aromatic rings. The van der Waals surface area contributed by atoms with Crippen molar-refractivity contribution in [1.29, 1.82) is 0 Å². The van der Waals surface area contributed by atoms with Crippen LogP contribution in [0.4, 0.5) is 0 Å². The Balaban J connectivity index is 1.87. The Morgan fingerprint density at radius 3 is 2.46 bits per heavy atom. The fourth-order valence-electron chi connectivity index (χ4n) is 1.93. The van der Waals surface area contributed by atoms with E-state index in [-0.39, 0.29) is 12.5 Å². The van der Waals surface area contributed by atoms with Crippen LogP contribution < -0.4 is 14.9 Å². The zero-order valence-electron chi connectivity index (χ0n) is 13.8. The Bertz CT molecular complexity index is 742. The normalized spacial score (nSPS) is 11.1. The summed E-state index contributed by atoms with van der Waals surface area (Å²) in [4.78, 5) is 11.8. The first-order chi connectivity index (χ1) is 11.5. The van der Waals surface area contributed by atoms with Crippen molar-refractivity contribution in [2.75, 3.05) is 13.7 Å². The largest absolute Gasteiger partial charge is 0.497 e. The number of halogens is 1. The Hall–Kier alpha value is -2.53. The number of amides is 1. The predicted octanol–water partition coefficient (Wildman–Crippen LogP) is 3.58. The molecule has 0 unspecified atom stereocenters. The molecule has 0 atom stereocenters.